The average Bonchev–Trinajstić information content (AvgIpc) is 3.10. The van der Waals surface area contributed by atoms with Gasteiger partial charge in [0.15, 0.2) is 10.3 Å². The molecule has 172 valence electrons. The van der Waals surface area contributed by atoms with Crippen LogP contribution in [0.2, 0.25) is 0 Å². The van der Waals surface area contributed by atoms with Crippen LogP contribution < -0.4 is 10.6 Å². The number of hydrogen-bond donors (Lipinski definition) is 4. The van der Waals surface area contributed by atoms with E-state index in [1.807, 2.05) is 0 Å². The third-order valence-electron chi connectivity index (χ3n) is 5.31. The van der Waals surface area contributed by atoms with E-state index in [4.69, 9.17) is 0 Å². The maximum atomic E-state index is 4.41. The molecule has 0 aromatic heterocycles. The molecule has 0 amide bonds. The maximum Gasteiger partial charge on any atom is 0.180 e. The quantitative estimate of drug-likeness (QED) is 0.157. The monoisotopic (exact) mass is 456 g/mol. The normalized spacial score (nSPS) is 20.8. The van der Waals surface area contributed by atoms with Crippen molar-refractivity contribution >= 4 is 47.0 Å². The molecule has 0 spiro atoms. The van der Waals surface area contributed by atoms with Gasteiger partial charge in [-0.05, 0) is 39.0 Å². The number of thiol groups is 2. The van der Waals surface area contributed by atoms with Crippen LogP contribution in [0.4, 0.5) is 0 Å². The van der Waals surface area contributed by atoms with Crippen LogP contribution in [0.15, 0.2) is 20.4 Å². The molecule has 10 heteroatoms. The highest BCUT2D eigenvalue weighted by Gasteiger charge is 2.25. The van der Waals surface area contributed by atoms with Crippen molar-refractivity contribution in [2.24, 2.45) is 26.3 Å². The van der Waals surface area contributed by atoms with E-state index in [-0.39, 0.29) is 0 Å². The second kappa shape index (κ2) is 15.7. The van der Waals surface area contributed by atoms with Crippen LogP contribution in [0.5, 0.6) is 0 Å². The molecule has 1 rings (SSSR count). The lowest BCUT2D eigenvalue weighted by atomic mass is 10.1. The fourth-order valence-corrected chi connectivity index (χ4v) is 3.48. The number of nitrogens with one attached hydrogen (secondary N) is 2. The van der Waals surface area contributed by atoms with Gasteiger partial charge in [-0.2, -0.15) is 10.2 Å². The molecule has 0 heterocycles. The van der Waals surface area contributed by atoms with Crippen molar-refractivity contribution in [1.82, 2.24) is 20.4 Å². The summed E-state index contributed by atoms with van der Waals surface area (Å²) in [4.78, 5) is 4.68. The summed E-state index contributed by atoms with van der Waals surface area (Å²) < 4.78 is 0. The lowest BCUT2D eigenvalue weighted by molar-refractivity contribution is 0.309. The second-order valence-electron chi connectivity index (χ2n) is 7.23. The Kier molecular flexibility index (Phi) is 14.1. The second-order valence-corrected chi connectivity index (χ2v) is 8.07. The molecule has 0 saturated heterocycles. The van der Waals surface area contributed by atoms with E-state index < -0.39 is 0 Å². The first-order valence-electron chi connectivity index (χ1n) is 11.1. The van der Waals surface area contributed by atoms with Gasteiger partial charge in [-0.15, -0.1) is 35.5 Å². The number of likely N-dealkylation sites (N-methyl/N-ethyl adjacent to an activating group) is 2. The fourth-order valence-electron chi connectivity index (χ4n) is 3.17. The number of nitrogens with zero attached hydrogens (tertiary/aromatic N) is 6. The van der Waals surface area contributed by atoms with E-state index in [1.165, 1.54) is 0 Å². The molecule has 0 aromatic carbocycles. The number of hydrogen-bond acceptors (Lipinski definition) is 6. The summed E-state index contributed by atoms with van der Waals surface area (Å²) in [5.41, 5.74) is 1.74. The van der Waals surface area contributed by atoms with E-state index >= 15 is 0 Å². The van der Waals surface area contributed by atoms with Gasteiger partial charge in [0.1, 0.15) is 0 Å². The van der Waals surface area contributed by atoms with E-state index in [1.54, 1.807) is 0 Å². The minimum atomic E-state index is 0.304. The van der Waals surface area contributed by atoms with Gasteiger partial charge in [-0.1, -0.05) is 34.6 Å². The van der Waals surface area contributed by atoms with Gasteiger partial charge in [-0.3, -0.25) is 0 Å². The third-order valence-corrected chi connectivity index (χ3v) is 5.80. The molecule has 0 aromatic rings. The summed E-state index contributed by atoms with van der Waals surface area (Å²) >= 11 is 8.79. The first kappa shape index (κ1) is 26.9. The van der Waals surface area contributed by atoms with E-state index in [9.17, 15) is 0 Å². The van der Waals surface area contributed by atoms with Crippen molar-refractivity contribution in [3.05, 3.63) is 0 Å². The molecular weight excluding hydrogens is 416 g/mol. The number of rotatable bonds is 12. The lowest BCUT2D eigenvalue weighted by Gasteiger charge is -2.17. The Morgan fingerprint density at radius 3 is 1.80 bits per heavy atom. The van der Waals surface area contributed by atoms with Crippen LogP contribution in [-0.2, 0) is 0 Å². The molecule has 2 N–H and O–H groups in total. The summed E-state index contributed by atoms with van der Waals surface area (Å²) in [6.45, 7) is 18.4. The van der Waals surface area contributed by atoms with Crippen LogP contribution in [-0.4, -0.2) is 83.9 Å². The topological polar surface area (TPSA) is 80.0 Å². The molecule has 1 unspecified atom stereocenters. The van der Waals surface area contributed by atoms with Gasteiger partial charge < -0.3 is 20.4 Å². The van der Waals surface area contributed by atoms with Crippen molar-refractivity contribution in [2.75, 3.05) is 52.4 Å². The smallest absolute Gasteiger partial charge is 0.180 e. The molecule has 0 bridgehead atoms. The van der Waals surface area contributed by atoms with Crippen molar-refractivity contribution in [2.45, 2.75) is 47.5 Å². The first-order valence-corrected chi connectivity index (χ1v) is 11.9. The Morgan fingerprint density at radius 2 is 1.33 bits per heavy atom. The van der Waals surface area contributed by atoms with Crippen LogP contribution >= 0.6 is 25.3 Å². The molecule has 1 atom stereocenters. The zero-order chi connectivity index (χ0) is 22.4. The highest BCUT2D eigenvalue weighted by Crippen LogP contribution is 2.21. The van der Waals surface area contributed by atoms with Crippen LogP contribution in [0, 0.1) is 5.92 Å². The Hall–Kier alpha value is -1.10. The summed E-state index contributed by atoms with van der Waals surface area (Å²) in [5.74, 6) is 0.304. The van der Waals surface area contributed by atoms with Crippen molar-refractivity contribution in [3.63, 3.8) is 0 Å². The molecule has 0 radical (unpaired) electrons. The van der Waals surface area contributed by atoms with Crippen molar-refractivity contribution in [1.29, 1.82) is 0 Å². The first-order chi connectivity index (χ1) is 14.4. The molecule has 1 aliphatic rings. The van der Waals surface area contributed by atoms with Crippen molar-refractivity contribution in [3.8, 4) is 0 Å². The summed E-state index contributed by atoms with van der Waals surface area (Å²) in [6, 6.07) is 0. The summed E-state index contributed by atoms with van der Waals surface area (Å²) in [7, 11) is 0. The van der Waals surface area contributed by atoms with Gasteiger partial charge >= 0.3 is 0 Å². The molecule has 8 nitrogen and oxygen atoms in total. The average molecular weight is 457 g/mol. The standard InChI is InChI=1S/C20H40N8S2/c1-6-27(7-2)14-12-21-19(29)25-23-17-11-10-16(5)18(17)24-26-20(30)22-13-15-28(8-3)9-4/h16H,6-15H2,1-5H3,(H2,21,25,29)(H2,22,26,30)/b23-17+,24-18+. The zero-order valence-electron chi connectivity index (χ0n) is 19.2. The lowest BCUT2D eigenvalue weighted by Crippen LogP contribution is -2.33. The minimum absolute atomic E-state index is 0.304. The van der Waals surface area contributed by atoms with E-state index in [2.05, 4.69) is 101 Å². The van der Waals surface area contributed by atoms with Crippen LogP contribution in [0.3, 0.4) is 0 Å². The molecule has 1 fully saturated rings. The molecule has 1 aliphatic carbocycles. The van der Waals surface area contributed by atoms with E-state index in [0.29, 0.717) is 16.3 Å². The van der Waals surface area contributed by atoms with Gasteiger partial charge in [0.05, 0.1) is 11.4 Å². The maximum absolute atomic E-state index is 4.41. The molecule has 30 heavy (non-hydrogen) atoms. The van der Waals surface area contributed by atoms with Gasteiger partial charge in [0, 0.05) is 32.1 Å². The van der Waals surface area contributed by atoms with E-state index in [0.717, 1.165) is 76.6 Å². The van der Waals surface area contributed by atoms with Gasteiger partial charge in [0.25, 0.3) is 0 Å². The Balaban J connectivity index is 2.63. The van der Waals surface area contributed by atoms with Gasteiger partial charge in [0.2, 0.25) is 0 Å². The highest BCUT2D eigenvalue weighted by molar-refractivity contribution is 7.97. The zero-order valence-corrected chi connectivity index (χ0v) is 21.0. The molecular formula is C20H40N8S2. The largest absolute Gasteiger partial charge is 0.362 e. The van der Waals surface area contributed by atoms with Crippen LogP contribution in [0.1, 0.15) is 47.5 Å². The summed E-state index contributed by atoms with van der Waals surface area (Å²) in [6.07, 6.45) is 1.84. The predicted molar refractivity (Wildman–Crippen MR) is 138 cm³/mol. The Morgan fingerprint density at radius 1 is 0.867 bits per heavy atom. The SMILES string of the molecule is CCN(CC)CCN/C(S)=N/N=C1\CCC(C)\C1=N/N=C(\S)NCCN(CC)CC. The molecule has 0 aliphatic heterocycles. The van der Waals surface area contributed by atoms with Crippen molar-refractivity contribution < 1.29 is 0 Å². The Bertz CT molecular complexity index is 610. The number of amidine groups is 2. The van der Waals surface area contributed by atoms with Crippen LogP contribution in [0.25, 0.3) is 0 Å². The van der Waals surface area contributed by atoms with Gasteiger partial charge in [-0.25, -0.2) is 0 Å². The fraction of sp³-hybridized carbons (Fsp3) is 0.800. The summed E-state index contributed by atoms with van der Waals surface area (Å²) in [5, 5.41) is 24.7. The highest BCUT2D eigenvalue weighted by atomic mass is 32.1. The Labute approximate surface area is 193 Å². The predicted octanol–water partition coefficient (Wildman–Crippen LogP) is 2.56. The molecule has 1 saturated carbocycles. The third kappa shape index (κ3) is 10.3. The minimum Gasteiger partial charge on any atom is -0.362 e.